The number of hydrogen-bond acceptors (Lipinski definition) is 3. The molecule has 2 atom stereocenters. The SMILES string of the molecule is C[C@H]1Cc2ccccc2[C@H]1NC(=O)NCCc1cscn1. The van der Waals surface area contributed by atoms with Crippen molar-refractivity contribution < 1.29 is 4.79 Å². The maximum absolute atomic E-state index is 12.0. The number of carbonyl (C=O) groups excluding carboxylic acids is 1. The molecule has 0 aliphatic heterocycles. The van der Waals surface area contributed by atoms with Gasteiger partial charge in [0.05, 0.1) is 17.2 Å². The second-order valence-electron chi connectivity index (χ2n) is 5.49. The number of amides is 2. The molecule has 2 aromatic rings. The van der Waals surface area contributed by atoms with Gasteiger partial charge in [0.2, 0.25) is 0 Å². The van der Waals surface area contributed by atoms with Crippen molar-refractivity contribution in [1.29, 1.82) is 0 Å². The van der Waals surface area contributed by atoms with Crippen molar-refractivity contribution in [2.24, 2.45) is 5.92 Å². The maximum atomic E-state index is 12.0. The first-order valence-electron chi connectivity index (χ1n) is 7.23. The summed E-state index contributed by atoms with van der Waals surface area (Å²) in [7, 11) is 0. The smallest absolute Gasteiger partial charge is 0.315 e. The van der Waals surface area contributed by atoms with E-state index in [1.165, 1.54) is 11.1 Å². The second-order valence-corrected chi connectivity index (χ2v) is 6.21. The standard InChI is InChI=1S/C16H19N3OS/c1-11-8-12-4-2-3-5-14(12)15(11)19-16(20)17-7-6-13-9-21-10-18-13/h2-5,9-11,15H,6-8H2,1H3,(H2,17,19,20)/t11-,15-/m0/s1. The number of carbonyl (C=O) groups is 1. The van der Waals surface area contributed by atoms with Gasteiger partial charge in [-0.15, -0.1) is 11.3 Å². The Balaban J connectivity index is 1.53. The fourth-order valence-electron chi connectivity index (χ4n) is 2.87. The van der Waals surface area contributed by atoms with Crippen molar-refractivity contribution in [3.63, 3.8) is 0 Å². The van der Waals surface area contributed by atoms with Gasteiger partial charge in [-0.1, -0.05) is 31.2 Å². The van der Waals surface area contributed by atoms with Gasteiger partial charge in [0.1, 0.15) is 0 Å². The van der Waals surface area contributed by atoms with E-state index >= 15 is 0 Å². The Morgan fingerprint density at radius 3 is 3.10 bits per heavy atom. The number of fused-ring (bicyclic) bond motifs is 1. The zero-order valence-electron chi connectivity index (χ0n) is 12.0. The molecule has 2 amide bonds. The Bertz CT molecular complexity index is 612. The minimum atomic E-state index is -0.0983. The van der Waals surface area contributed by atoms with Crippen LogP contribution in [0.4, 0.5) is 4.79 Å². The van der Waals surface area contributed by atoms with Crippen LogP contribution in [0, 0.1) is 5.92 Å². The van der Waals surface area contributed by atoms with E-state index in [-0.39, 0.29) is 12.1 Å². The Morgan fingerprint density at radius 2 is 2.29 bits per heavy atom. The van der Waals surface area contributed by atoms with E-state index < -0.39 is 0 Å². The molecule has 5 heteroatoms. The first kappa shape index (κ1) is 14.1. The highest BCUT2D eigenvalue weighted by atomic mass is 32.1. The summed E-state index contributed by atoms with van der Waals surface area (Å²) in [5, 5.41) is 8.02. The summed E-state index contributed by atoms with van der Waals surface area (Å²) in [4.78, 5) is 16.2. The Kier molecular flexibility index (Phi) is 4.20. The van der Waals surface area contributed by atoms with Gasteiger partial charge in [0, 0.05) is 18.3 Å². The topological polar surface area (TPSA) is 54.0 Å². The molecule has 2 N–H and O–H groups in total. The normalized spacial score (nSPS) is 20.0. The molecule has 1 aliphatic rings. The zero-order valence-corrected chi connectivity index (χ0v) is 12.8. The number of rotatable bonds is 4. The lowest BCUT2D eigenvalue weighted by Gasteiger charge is -2.19. The van der Waals surface area contributed by atoms with E-state index in [1.54, 1.807) is 11.3 Å². The number of thiazole rings is 1. The van der Waals surface area contributed by atoms with Gasteiger partial charge in [0.15, 0.2) is 0 Å². The third kappa shape index (κ3) is 3.24. The molecule has 1 aliphatic carbocycles. The summed E-state index contributed by atoms with van der Waals surface area (Å²) in [6.45, 7) is 2.79. The molecule has 0 spiro atoms. The van der Waals surface area contributed by atoms with Crippen LogP contribution in [0.2, 0.25) is 0 Å². The first-order valence-corrected chi connectivity index (χ1v) is 8.17. The average Bonchev–Trinajstić information content (AvgIpc) is 3.08. The van der Waals surface area contributed by atoms with Crippen molar-refractivity contribution in [2.75, 3.05) is 6.54 Å². The first-order chi connectivity index (χ1) is 10.2. The van der Waals surface area contributed by atoms with E-state index in [4.69, 9.17) is 0 Å². The Hall–Kier alpha value is -1.88. The second kappa shape index (κ2) is 6.26. The monoisotopic (exact) mass is 301 g/mol. The lowest BCUT2D eigenvalue weighted by molar-refractivity contribution is 0.233. The van der Waals surface area contributed by atoms with Gasteiger partial charge in [-0.3, -0.25) is 0 Å². The summed E-state index contributed by atoms with van der Waals surface area (Å²) in [6.07, 6.45) is 1.80. The van der Waals surface area contributed by atoms with Crippen LogP contribution in [0.25, 0.3) is 0 Å². The molecule has 0 unspecified atom stereocenters. The highest BCUT2D eigenvalue weighted by Crippen LogP contribution is 2.35. The highest BCUT2D eigenvalue weighted by molar-refractivity contribution is 7.07. The molecule has 0 saturated heterocycles. The highest BCUT2D eigenvalue weighted by Gasteiger charge is 2.29. The van der Waals surface area contributed by atoms with Gasteiger partial charge in [-0.05, 0) is 23.5 Å². The van der Waals surface area contributed by atoms with Crippen LogP contribution in [0.15, 0.2) is 35.2 Å². The zero-order chi connectivity index (χ0) is 14.7. The summed E-state index contributed by atoms with van der Waals surface area (Å²) in [5.41, 5.74) is 5.43. The molecule has 0 saturated carbocycles. The van der Waals surface area contributed by atoms with Gasteiger partial charge < -0.3 is 10.6 Å². The van der Waals surface area contributed by atoms with E-state index in [2.05, 4.69) is 40.7 Å². The molecule has 110 valence electrons. The number of nitrogens with one attached hydrogen (secondary N) is 2. The van der Waals surface area contributed by atoms with Crippen LogP contribution in [0.1, 0.15) is 29.8 Å². The van der Waals surface area contributed by atoms with Crippen LogP contribution >= 0.6 is 11.3 Å². The lowest BCUT2D eigenvalue weighted by Crippen LogP contribution is -2.39. The van der Waals surface area contributed by atoms with Crippen molar-refractivity contribution in [3.05, 3.63) is 52.0 Å². The van der Waals surface area contributed by atoms with Crippen molar-refractivity contribution in [3.8, 4) is 0 Å². The molecule has 21 heavy (non-hydrogen) atoms. The van der Waals surface area contributed by atoms with Crippen LogP contribution in [-0.2, 0) is 12.8 Å². The third-order valence-corrected chi connectivity index (χ3v) is 4.57. The summed E-state index contributed by atoms with van der Waals surface area (Å²) >= 11 is 1.58. The molecule has 1 aromatic carbocycles. The molecule has 1 heterocycles. The van der Waals surface area contributed by atoms with Crippen LogP contribution < -0.4 is 10.6 Å². The fourth-order valence-corrected chi connectivity index (χ4v) is 3.47. The van der Waals surface area contributed by atoms with E-state index in [9.17, 15) is 4.79 Å². The van der Waals surface area contributed by atoms with E-state index in [1.807, 2.05) is 17.0 Å². The summed E-state index contributed by atoms with van der Waals surface area (Å²) < 4.78 is 0. The molecule has 4 nitrogen and oxygen atoms in total. The third-order valence-electron chi connectivity index (χ3n) is 3.94. The maximum Gasteiger partial charge on any atom is 0.315 e. The van der Waals surface area contributed by atoms with Crippen molar-refractivity contribution in [2.45, 2.75) is 25.8 Å². The van der Waals surface area contributed by atoms with Crippen molar-refractivity contribution >= 4 is 17.4 Å². The van der Waals surface area contributed by atoms with Crippen molar-refractivity contribution in [1.82, 2.24) is 15.6 Å². The molecule has 0 radical (unpaired) electrons. The fraction of sp³-hybridized carbons (Fsp3) is 0.375. The lowest BCUT2D eigenvalue weighted by atomic mass is 10.0. The van der Waals surface area contributed by atoms with Gasteiger partial charge >= 0.3 is 6.03 Å². The number of urea groups is 1. The Morgan fingerprint density at radius 1 is 1.43 bits per heavy atom. The Labute approximate surface area is 128 Å². The predicted octanol–water partition coefficient (Wildman–Crippen LogP) is 2.92. The minimum Gasteiger partial charge on any atom is -0.338 e. The molecule has 0 fully saturated rings. The molecular formula is C16H19N3OS. The van der Waals surface area contributed by atoms with E-state index in [0.29, 0.717) is 12.5 Å². The van der Waals surface area contributed by atoms with Gasteiger partial charge in [0.25, 0.3) is 0 Å². The largest absolute Gasteiger partial charge is 0.338 e. The average molecular weight is 301 g/mol. The molecule has 0 bridgehead atoms. The summed E-state index contributed by atoms with van der Waals surface area (Å²) in [6, 6.07) is 8.36. The number of nitrogens with zero attached hydrogens (tertiary/aromatic N) is 1. The molecule has 3 rings (SSSR count). The van der Waals surface area contributed by atoms with E-state index in [0.717, 1.165) is 18.5 Å². The molecule has 1 aromatic heterocycles. The van der Waals surface area contributed by atoms with Crippen LogP contribution in [0.3, 0.4) is 0 Å². The summed E-state index contributed by atoms with van der Waals surface area (Å²) in [5.74, 6) is 0.437. The predicted molar refractivity (Wildman–Crippen MR) is 84.4 cm³/mol. The van der Waals surface area contributed by atoms with Gasteiger partial charge in [-0.2, -0.15) is 0 Å². The number of benzene rings is 1. The number of aromatic nitrogens is 1. The number of hydrogen-bond donors (Lipinski definition) is 2. The minimum absolute atomic E-state index is 0.0983. The molecular weight excluding hydrogens is 282 g/mol. The van der Waals surface area contributed by atoms with Crippen LogP contribution in [0.5, 0.6) is 0 Å². The quantitative estimate of drug-likeness (QED) is 0.912. The van der Waals surface area contributed by atoms with Gasteiger partial charge in [-0.25, -0.2) is 9.78 Å². The van der Waals surface area contributed by atoms with Crippen LogP contribution in [-0.4, -0.2) is 17.6 Å².